The molecular formula is C12H23NOS2. The molecule has 1 N–H and O–H groups in total. The van der Waals surface area contributed by atoms with Crippen molar-refractivity contribution in [1.29, 1.82) is 0 Å². The monoisotopic (exact) mass is 261 g/mol. The van der Waals surface area contributed by atoms with Crippen LogP contribution in [0.25, 0.3) is 0 Å². The van der Waals surface area contributed by atoms with Gasteiger partial charge in [0.25, 0.3) is 0 Å². The number of rotatable bonds is 7. The van der Waals surface area contributed by atoms with E-state index in [1.165, 1.54) is 25.7 Å². The fourth-order valence-electron chi connectivity index (χ4n) is 1.66. The van der Waals surface area contributed by atoms with Crippen molar-refractivity contribution in [2.24, 2.45) is 5.41 Å². The first-order valence-corrected chi connectivity index (χ1v) is 8.70. The highest BCUT2D eigenvalue weighted by Crippen LogP contribution is 2.42. The van der Waals surface area contributed by atoms with Gasteiger partial charge in [0, 0.05) is 18.1 Å². The maximum Gasteiger partial charge on any atom is 0.227 e. The second-order valence-electron chi connectivity index (χ2n) is 4.76. The molecule has 16 heavy (non-hydrogen) atoms. The van der Waals surface area contributed by atoms with Crippen molar-refractivity contribution in [3.63, 3.8) is 0 Å². The Kier molecular flexibility index (Phi) is 6.66. The van der Waals surface area contributed by atoms with Gasteiger partial charge in [-0.15, -0.1) is 0 Å². The van der Waals surface area contributed by atoms with Crippen LogP contribution in [0.4, 0.5) is 0 Å². The Hall–Kier alpha value is 0.170. The Morgan fingerprint density at radius 1 is 1.19 bits per heavy atom. The van der Waals surface area contributed by atoms with Gasteiger partial charge in [-0.1, -0.05) is 54.2 Å². The van der Waals surface area contributed by atoms with E-state index in [0.717, 1.165) is 24.5 Å². The second-order valence-corrected chi connectivity index (χ2v) is 7.22. The van der Waals surface area contributed by atoms with Gasteiger partial charge in [0.2, 0.25) is 5.91 Å². The Balaban J connectivity index is 2.06. The summed E-state index contributed by atoms with van der Waals surface area (Å²) in [5, 5.41) is 3.08. The third-order valence-electron chi connectivity index (χ3n) is 2.95. The van der Waals surface area contributed by atoms with Crippen molar-refractivity contribution in [3.8, 4) is 0 Å². The van der Waals surface area contributed by atoms with Crippen molar-refractivity contribution >= 4 is 27.5 Å². The molecule has 0 aliphatic carbocycles. The van der Waals surface area contributed by atoms with Crippen LogP contribution in [-0.2, 0) is 4.79 Å². The molecule has 0 atom stereocenters. The van der Waals surface area contributed by atoms with E-state index in [-0.39, 0.29) is 11.3 Å². The van der Waals surface area contributed by atoms with Crippen LogP contribution < -0.4 is 5.32 Å². The molecule has 1 amide bonds. The van der Waals surface area contributed by atoms with E-state index in [9.17, 15) is 4.79 Å². The zero-order valence-electron chi connectivity index (χ0n) is 10.4. The van der Waals surface area contributed by atoms with Crippen molar-refractivity contribution < 1.29 is 4.79 Å². The van der Waals surface area contributed by atoms with Crippen molar-refractivity contribution in [2.45, 2.75) is 46.0 Å². The predicted octanol–water partition coefficient (Wildman–Crippen LogP) is 3.47. The molecule has 1 fully saturated rings. The lowest BCUT2D eigenvalue weighted by Crippen LogP contribution is -2.40. The fraction of sp³-hybridized carbons (Fsp3) is 0.917. The van der Waals surface area contributed by atoms with E-state index in [2.05, 4.69) is 19.2 Å². The van der Waals surface area contributed by atoms with Gasteiger partial charge in [-0.3, -0.25) is 4.79 Å². The first kappa shape index (κ1) is 14.2. The summed E-state index contributed by atoms with van der Waals surface area (Å²) in [7, 11) is 3.63. The van der Waals surface area contributed by atoms with Gasteiger partial charge in [0.05, 0.1) is 5.41 Å². The van der Waals surface area contributed by atoms with Gasteiger partial charge in [0.15, 0.2) is 0 Å². The number of nitrogens with one attached hydrogen (secondary N) is 1. The van der Waals surface area contributed by atoms with Gasteiger partial charge in [0.1, 0.15) is 0 Å². The topological polar surface area (TPSA) is 29.1 Å². The maximum absolute atomic E-state index is 11.9. The Morgan fingerprint density at radius 2 is 1.81 bits per heavy atom. The summed E-state index contributed by atoms with van der Waals surface area (Å²) in [6.45, 7) is 5.15. The zero-order chi connectivity index (χ0) is 11.9. The largest absolute Gasteiger partial charge is 0.356 e. The number of hydrogen-bond donors (Lipinski definition) is 1. The van der Waals surface area contributed by atoms with Crippen LogP contribution in [0.15, 0.2) is 0 Å². The van der Waals surface area contributed by atoms with Crippen LogP contribution in [0.2, 0.25) is 0 Å². The van der Waals surface area contributed by atoms with Crippen LogP contribution in [0.1, 0.15) is 46.0 Å². The van der Waals surface area contributed by atoms with Crippen LogP contribution in [-0.4, -0.2) is 24.0 Å². The van der Waals surface area contributed by atoms with Gasteiger partial charge < -0.3 is 5.32 Å². The highest BCUT2D eigenvalue weighted by atomic mass is 33.1. The lowest BCUT2D eigenvalue weighted by molar-refractivity contribution is -0.127. The number of unbranched alkanes of at least 4 members (excludes halogenated alkanes) is 4. The molecule has 1 aliphatic heterocycles. The minimum absolute atomic E-state index is 0.126. The molecule has 1 rings (SSSR count). The summed E-state index contributed by atoms with van der Waals surface area (Å²) in [5.41, 5.74) is -0.126. The van der Waals surface area contributed by atoms with E-state index in [1.54, 1.807) is 0 Å². The van der Waals surface area contributed by atoms with Gasteiger partial charge >= 0.3 is 0 Å². The average molecular weight is 261 g/mol. The number of carbonyl (C=O) groups excluding carboxylic acids is 1. The standard InChI is InChI=1S/C12H23NOS2/c1-3-4-5-6-7-8-13-11(14)12(2)9-15-16-10-12/h3-10H2,1-2H3,(H,13,14). The lowest BCUT2D eigenvalue weighted by Gasteiger charge is -2.20. The van der Waals surface area contributed by atoms with Crippen molar-refractivity contribution in [1.82, 2.24) is 5.32 Å². The smallest absolute Gasteiger partial charge is 0.227 e. The molecule has 0 spiro atoms. The molecule has 0 bridgehead atoms. The van der Waals surface area contributed by atoms with E-state index in [4.69, 9.17) is 0 Å². The Morgan fingerprint density at radius 3 is 2.44 bits per heavy atom. The maximum atomic E-state index is 11.9. The lowest BCUT2D eigenvalue weighted by atomic mass is 9.95. The molecule has 1 aliphatic rings. The van der Waals surface area contributed by atoms with Crippen LogP contribution in [0, 0.1) is 5.41 Å². The molecule has 1 heterocycles. The highest BCUT2D eigenvalue weighted by molar-refractivity contribution is 8.77. The summed E-state index contributed by atoms with van der Waals surface area (Å²) in [6.07, 6.45) is 6.27. The molecule has 94 valence electrons. The zero-order valence-corrected chi connectivity index (χ0v) is 12.0. The fourth-order valence-corrected chi connectivity index (χ4v) is 5.00. The van der Waals surface area contributed by atoms with Gasteiger partial charge in [-0.2, -0.15) is 0 Å². The van der Waals surface area contributed by atoms with Crippen LogP contribution in [0.3, 0.4) is 0 Å². The van der Waals surface area contributed by atoms with Crippen LogP contribution in [0.5, 0.6) is 0 Å². The first-order chi connectivity index (χ1) is 7.69. The van der Waals surface area contributed by atoms with Gasteiger partial charge in [-0.25, -0.2) is 0 Å². The van der Waals surface area contributed by atoms with E-state index < -0.39 is 0 Å². The average Bonchev–Trinajstić information content (AvgIpc) is 2.71. The third-order valence-corrected chi connectivity index (χ3v) is 5.84. The van der Waals surface area contributed by atoms with Gasteiger partial charge in [-0.05, 0) is 13.3 Å². The first-order valence-electron chi connectivity index (χ1n) is 6.22. The Bertz CT molecular complexity index is 215. The molecule has 4 heteroatoms. The number of hydrogen-bond acceptors (Lipinski definition) is 3. The third kappa shape index (κ3) is 4.58. The molecule has 1 saturated heterocycles. The Labute approximate surface area is 107 Å². The van der Waals surface area contributed by atoms with Crippen LogP contribution >= 0.6 is 21.6 Å². The molecule has 0 unspecified atom stereocenters. The number of carbonyl (C=O) groups is 1. The van der Waals surface area contributed by atoms with E-state index in [1.807, 2.05) is 21.6 Å². The van der Waals surface area contributed by atoms with E-state index in [0.29, 0.717) is 0 Å². The predicted molar refractivity (Wildman–Crippen MR) is 74.8 cm³/mol. The molecule has 0 aromatic rings. The molecule has 0 radical (unpaired) electrons. The molecule has 2 nitrogen and oxygen atoms in total. The van der Waals surface area contributed by atoms with Crippen molar-refractivity contribution in [2.75, 3.05) is 18.1 Å². The summed E-state index contributed by atoms with van der Waals surface area (Å²) < 4.78 is 0. The summed E-state index contributed by atoms with van der Waals surface area (Å²) in [6, 6.07) is 0. The number of amides is 1. The molecule has 0 saturated carbocycles. The minimum atomic E-state index is -0.126. The SMILES string of the molecule is CCCCCCCNC(=O)C1(C)CSSC1. The van der Waals surface area contributed by atoms with E-state index >= 15 is 0 Å². The summed E-state index contributed by atoms with van der Waals surface area (Å²) in [4.78, 5) is 11.9. The van der Waals surface area contributed by atoms with Crippen molar-refractivity contribution in [3.05, 3.63) is 0 Å². The second kappa shape index (κ2) is 7.49. The summed E-state index contributed by atoms with van der Waals surface area (Å²) >= 11 is 0. The summed E-state index contributed by atoms with van der Waals surface area (Å²) in [5.74, 6) is 2.17. The highest BCUT2D eigenvalue weighted by Gasteiger charge is 2.37. The normalized spacial score (nSPS) is 18.6. The molecular weight excluding hydrogens is 238 g/mol. The molecule has 0 aromatic heterocycles. The quantitative estimate of drug-likeness (QED) is 0.562. The molecule has 0 aromatic carbocycles. The minimum Gasteiger partial charge on any atom is -0.356 e.